The third-order valence-electron chi connectivity index (χ3n) is 3.41. The van der Waals surface area contributed by atoms with E-state index in [1.54, 1.807) is 13.8 Å². The lowest BCUT2D eigenvalue weighted by molar-refractivity contribution is -0.267. The molecule has 0 unspecified atom stereocenters. The fraction of sp³-hybridized carbons (Fsp3) is 0.643. The summed E-state index contributed by atoms with van der Waals surface area (Å²) in [6.45, 7) is 5.41. The van der Waals surface area contributed by atoms with Crippen LogP contribution in [-0.2, 0) is 15.2 Å². The summed E-state index contributed by atoms with van der Waals surface area (Å²) in [7, 11) is 0. The zero-order valence-corrected chi connectivity index (χ0v) is 14.4. The summed E-state index contributed by atoms with van der Waals surface area (Å²) in [4.78, 5) is 28.7. The third-order valence-corrected chi connectivity index (χ3v) is 4.52. The largest absolute Gasteiger partial charge is 0.424 e. The van der Waals surface area contributed by atoms with E-state index in [9.17, 15) is 27.9 Å². The molecule has 24 heavy (non-hydrogen) atoms. The molecule has 0 spiro atoms. The number of hydrogen-bond donors (Lipinski definition) is 2. The Morgan fingerprint density at radius 2 is 1.92 bits per heavy atom. The van der Waals surface area contributed by atoms with Gasteiger partial charge in [0.15, 0.2) is 0 Å². The van der Waals surface area contributed by atoms with E-state index in [0.717, 1.165) is 0 Å². The number of hydrogen-bond acceptors (Lipinski definition) is 5. The van der Waals surface area contributed by atoms with Crippen molar-refractivity contribution in [3.63, 3.8) is 0 Å². The molecule has 1 rings (SSSR count). The fourth-order valence-electron chi connectivity index (χ4n) is 2.00. The first kappa shape index (κ1) is 20.4. The molecule has 6 nitrogen and oxygen atoms in total. The first-order chi connectivity index (χ1) is 11.0. The van der Waals surface area contributed by atoms with E-state index >= 15 is 0 Å². The topological polar surface area (TPSA) is 82.5 Å². The van der Waals surface area contributed by atoms with E-state index in [4.69, 9.17) is 0 Å². The van der Waals surface area contributed by atoms with Crippen molar-refractivity contribution in [3.8, 4) is 0 Å². The molecule has 2 amide bonds. The highest BCUT2D eigenvalue weighted by Crippen LogP contribution is 2.42. The number of aromatic nitrogens is 1. The molecule has 0 aromatic carbocycles. The minimum absolute atomic E-state index is 0.315. The van der Waals surface area contributed by atoms with Gasteiger partial charge in [-0.1, -0.05) is 0 Å². The van der Waals surface area contributed by atoms with Gasteiger partial charge in [0, 0.05) is 24.2 Å². The number of aryl methyl sites for hydroxylation is 1. The molecule has 1 atom stereocenters. The van der Waals surface area contributed by atoms with Crippen molar-refractivity contribution in [2.75, 3.05) is 19.6 Å². The van der Waals surface area contributed by atoms with E-state index in [1.807, 2.05) is 0 Å². The van der Waals surface area contributed by atoms with Gasteiger partial charge in [0.1, 0.15) is 5.01 Å². The normalized spacial score (nSPS) is 14.1. The van der Waals surface area contributed by atoms with E-state index in [1.165, 1.54) is 17.2 Å². The maximum atomic E-state index is 13.3. The summed E-state index contributed by atoms with van der Waals surface area (Å²) in [5.41, 5.74) is -3.07. The Labute approximate surface area is 141 Å². The van der Waals surface area contributed by atoms with Crippen molar-refractivity contribution in [2.45, 2.75) is 39.0 Å². The summed E-state index contributed by atoms with van der Waals surface area (Å²) in [5, 5.41) is 12.9. The van der Waals surface area contributed by atoms with Crippen molar-refractivity contribution in [1.29, 1.82) is 0 Å². The molecule has 1 aromatic heterocycles. The maximum Gasteiger partial charge on any atom is 0.424 e. The number of rotatable bonds is 7. The van der Waals surface area contributed by atoms with Crippen LogP contribution in [0.3, 0.4) is 0 Å². The van der Waals surface area contributed by atoms with Crippen LogP contribution in [0.5, 0.6) is 0 Å². The van der Waals surface area contributed by atoms with E-state index < -0.39 is 41.6 Å². The molecule has 0 aliphatic heterocycles. The number of thiazole rings is 1. The SMILES string of the molecule is CCN(CC)C(=O)CNC(=O)C[C@](O)(c1nc(C)cs1)C(F)(F)F. The van der Waals surface area contributed by atoms with Gasteiger partial charge in [0.2, 0.25) is 17.4 Å². The summed E-state index contributed by atoms with van der Waals surface area (Å²) in [6, 6.07) is 0. The van der Waals surface area contributed by atoms with Crippen LogP contribution in [0.25, 0.3) is 0 Å². The zero-order chi connectivity index (χ0) is 18.5. The zero-order valence-electron chi connectivity index (χ0n) is 13.6. The monoisotopic (exact) mass is 367 g/mol. The van der Waals surface area contributed by atoms with Crippen molar-refractivity contribution in [2.24, 2.45) is 0 Å². The highest BCUT2D eigenvalue weighted by atomic mass is 32.1. The van der Waals surface area contributed by atoms with Crippen LogP contribution >= 0.6 is 11.3 Å². The molecule has 1 heterocycles. The van der Waals surface area contributed by atoms with E-state index in [-0.39, 0.29) is 0 Å². The Morgan fingerprint density at radius 1 is 1.33 bits per heavy atom. The highest BCUT2D eigenvalue weighted by molar-refractivity contribution is 7.09. The molecule has 136 valence electrons. The summed E-state index contributed by atoms with van der Waals surface area (Å²) in [6.07, 6.45) is -6.33. The summed E-state index contributed by atoms with van der Waals surface area (Å²) >= 11 is 0.626. The Balaban J connectivity index is 2.82. The number of amides is 2. The molecule has 0 fully saturated rings. The molecule has 0 saturated carbocycles. The average Bonchev–Trinajstić information content (AvgIpc) is 2.92. The Kier molecular flexibility index (Phi) is 6.73. The lowest BCUT2D eigenvalue weighted by Crippen LogP contribution is -2.47. The van der Waals surface area contributed by atoms with Gasteiger partial charge in [-0.15, -0.1) is 11.3 Å². The van der Waals surface area contributed by atoms with Crippen molar-refractivity contribution in [3.05, 3.63) is 16.1 Å². The molecule has 0 bridgehead atoms. The third kappa shape index (κ3) is 4.67. The lowest BCUT2D eigenvalue weighted by atomic mass is 9.99. The maximum absolute atomic E-state index is 13.3. The van der Waals surface area contributed by atoms with Gasteiger partial charge in [0.05, 0.1) is 13.0 Å². The summed E-state index contributed by atoms with van der Waals surface area (Å²) < 4.78 is 39.8. The number of aliphatic hydroxyl groups is 1. The van der Waals surface area contributed by atoms with Gasteiger partial charge >= 0.3 is 6.18 Å². The van der Waals surface area contributed by atoms with Crippen LogP contribution in [0, 0.1) is 6.92 Å². The first-order valence-electron chi connectivity index (χ1n) is 7.31. The molecular formula is C14H20F3N3O3S. The highest BCUT2D eigenvalue weighted by Gasteiger charge is 2.58. The van der Waals surface area contributed by atoms with E-state index in [2.05, 4.69) is 10.3 Å². The molecule has 2 N–H and O–H groups in total. The second-order valence-electron chi connectivity index (χ2n) is 5.17. The molecule has 0 aliphatic rings. The second-order valence-corrected chi connectivity index (χ2v) is 6.03. The summed E-state index contributed by atoms with van der Waals surface area (Å²) in [5.74, 6) is -1.49. The number of nitrogens with one attached hydrogen (secondary N) is 1. The smallest absolute Gasteiger partial charge is 0.374 e. The van der Waals surface area contributed by atoms with Crippen molar-refractivity contribution >= 4 is 23.2 Å². The molecular weight excluding hydrogens is 347 g/mol. The molecule has 0 aliphatic carbocycles. The number of nitrogens with zero attached hydrogens (tertiary/aromatic N) is 2. The molecule has 1 aromatic rings. The number of likely N-dealkylation sites (N-methyl/N-ethyl adjacent to an activating group) is 1. The average molecular weight is 367 g/mol. The quantitative estimate of drug-likeness (QED) is 0.767. The predicted octanol–water partition coefficient (Wildman–Crippen LogP) is 1.58. The van der Waals surface area contributed by atoms with Gasteiger partial charge < -0.3 is 15.3 Å². The predicted molar refractivity (Wildman–Crippen MR) is 82.4 cm³/mol. The van der Waals surface area contributed by atoms with Crippen LogP contribution < -0.4 is 5.32 Å². The standard InChI is InChI=1S/C14H20F3N3O3S/c1-4-20(5-2)11(22)7-18-10(21)6-13(23,14(15,16)17)12-19-9(3)8-24-12/h8,23H,4-7H2,1-3H3,(H,18,21)/t13-/m0/s1. The van der Waals surface area contributed by atoms with Crippen LogP contribution in [0.2, 0.25) is 0 Å². The number of carbonyl (C=O) groups excluding carboxylic acids is 2. The minimum Gasteiger partial charge on any atom is -0.374 e. The van der Waals surface area contributed by atoms with Gasteiger partial charge in [0.25, 0.3) is 0 Å². The van der Waals surface area contributed by atoms with Gasteiger partial charge in [-0.3, -0.25) is 9.59 Å². The van der Waals surface area contributed by atoms with Crippen LogP contribution in [0.15, 0.2) is 5.38 Å². The Morgan fingerprint density at radius 3 is 2.33 bits per heavy atom. The number of alkyl halides is 3. The second kappa shape index (κ2) is 7.93. The van der Waals surface area contributed by atoms with Crippen LogP contribution in [0.4, 0.5) is 13.2 Å². The van der Waals surface area contributed by atoms with Crippen molar-refractivity contribution < 1.29 is 27.9 Å². The van der Waals surface area contributed by atoms with Crippen molar-refractivity contribution in [1.82, 2.24) is 15.2 Å². The lowest BCUT2D eigenvalue weighted by Gasteiger charge is -2.28. The van der Waals surface area contributed by atoms with E-state index in [0.29, 0.717) is 30.1 Å². The fourth-order valence-corrected chi connectivity index (χ4v) is 2.91. The first-order valence-corrected chi connectivity index (χ1v) is 8.19. The minimum atomic E-state index is -5.07. The Bertz CT molecular complexity index is 587. The molecule has 0 saturated heterocycles. The number of carbonyl (C=O) groups is 2. The van der Waals surface area contributed by atoms with Gasteiger partial charge in [-0.2, -0.15) is 13.2 Å². The molecule has 10 heteroatoms. The van der Waals surface area contributed by atoms with Crippen LogP contribution in [-0.4, -0.2) is 52.6 Å². The number of halogens is 3. The molecule has 0 radical (unpaired) electrons. The van der Waals surface area contributed by atoms with Crippen LogP contribution in [0.1, 0.15) is 31.0 Å². The Hall–Kier alpha value is -1.68. The van der Waals surface area contributed by atoms with Gasteiger partial charge in [-0.05, 0) is 20.8 Å². The van der Waals surface area contributed by atoms with Gasteiger partial charge in [-0.25, -0.2) is 4.98 Å².